The fourth-order valence-corrected chi connectivity index (χ4v) is 2.75. The molecule has 2 rings (SSSR count). The van der Waals surface area contributed by atoms with Crippen LogP contribution in [-0.4, -0.2) is 38.6 Å². The number of ether oxygens (including phenoxy) is 1. The van der Waals surface area contributed by atoms with Crippen molar-refractivity contribution in [3.63, 3.8) is 0 Å². The number of nitrogens with zero attached hydrogens (tertiary/aromatic N) is 1. The van der Waals surface area contributed by atoms with E-state index in [1.807, 2.05) is 13.0 Å². The van der Waals surface area contributed by atoms with E-state index in [9.17, 15) is 4.79 Å². The standard InChI is InChI=1S/C22H30N4O2.HI/c1-5-23-22(26-15-19-10-9-16(2)13-17(19)3)25-12-11-24-21(27)18-7-6-8-20(14-18)28-4;/h6-10,13-14H,5,11-12,15H2,1-4H3,(H,24,27)(H2,23,25,26);1H. The number of methoxy groups -OCH3 is 1. The zero-order chi connectivity index (χ0) is 20.4. The molecular formula is C22H31IN4O2. The van der Waals surface area contributed by atoms with Crippen LogP contribution in [0.5, 0.6) is 5.75 Å². The van der Waals surface area contributed by atoms with Crippen LogP contribution in [0, 0.1) is 13.8 Å². The van der Waals surface area contributed by atoms with Crippen LogP contribution in [0.4, 0.5) is 0 Å². The second-order valence-corrected chi connectivity index (χ2v) is 6.54. The number of carbonyl (C=O) groups excluding carboxylic acids is 1. The molecule has 0 unspecified atom stereocenters. The van der Waals surface area contributed by atoms with Crippen molar-refractivity contribution in [2.24, 2.45) is 4.99 Å². The Kier molecular flexibility index (Phi) is 11.1. The molecule has 0 aliphatic rings. The Hall–Kier alpha value is -2.29. The van der Waals surface area contributed by atoms with E-state index in [0.29, 0.717) is 30.9 Å². The Morgan fingerprint density at radius 2 is 1.79 bits per heavy atom. The SMILES string of the molecule is CCNC(=NCc1ccc(C)cc1C)NCCNC(=O)c1cccc(OC)c1.I. The first-order valence-corrected chi connectivity index (χ1v) is 9.54. The summed E-state index contributed by atoms with van der Waals surface area (Å²) in [4.78, 5) is 16.9. The molecule has 0 spiro atoms. The molecule has 0 aliphatic heterocycles. The highest BCUT2D eigenvalue weighted by Crippen LogP contribution is 2.12. The van der Waals surface area contributed by atoms with Crippen molar-refractivity contribution in [3.05, 3.63) is 64.7 Å². The summed E-state index contributed by atoms with van der Waals surface area (Å²) >= 11 is 0. The van der Waals surface area contributed by atoms with Crippen LogP contribution in [0.25, 0.3) is 0 Å². The largest absolute Gasteiger partial charge is 0.497 e. The van der Waals surface area contributed by atoms with Crippen molar-refractivity contribution in [2.75, 3.05) is 26.7 Å². The van der Waals surface area contributed by atoms with Crippen LogP contribution in [0.2, 0.25) is 0 Å². The minimum atomic E-state index is -0.127. The number of carbonyl (C=O) groups is 1. The maximum Gasteiger partial charge on any atom is 0.251 e. The molecule has 29 heavy (non-hydrogen) atoms. The van der Waals surface area contributed by atoms with E-state index in [4.69, 9.17) is 4.74 Å². The lowest BCUT2D eigenvalue weighted by atomic mass is 10.1. The number of hydrogen-bond acceptors (Lipinski definition) is 3. The number of hydrogen-bond donors (Lipinski definition) is 3. The third-order valence-corrected chi connectivity index (χ3v) is 4.28. The average molecular weight is 510 g/mol. The minimum absolute atomic E-state index is 0. The molecule has 6 nitrogen and oxygen atoms in total. The topological polar surface area (TPSA) is 74.8 Å². The number of halogens is 1. The van der Waals surface area contributed by atoms with E-state index in [1.165, 1.54) is 16.7 Å². The van der Waals surface area contributed by atoms with Gasteiger partial charge in [0.1, 0.15) is 5.75 Å². The first-order chi connectivity index (χ1) is 13.5. The molecule has 0 radical (unpaired) electrons. The molecule has 1 amide bonds. The summed E-state index contributed by atoms with van der Waals surface area (Å²) in [7, 11) is 1.58. The Morgan fingerprint density at radius 3 is 2.48 bits per heavy atom. The number of rotatable bonds is 8. The van der Waals surface area contributed by atoms with E-state index in [1.54, 1.807) is 25.3 Å². The third kappa shape index (κ3) is 8.31. The lowest BCUT2D eigenvalue weighted by molar-refractivity contribution is 0.0954. The predicted octanol–water partition coefficient (Wildman–Crippen LogP) is 3.42. The van der Waals surface area contributed by atoms with Gasteiger partial charge in [-0.05, 0) is 50.1 Å². The smallest absolute Gasteiger partial charge is 0.251 e. The maximum atomic E-state index is 12.2. The van der Waals surface area contributed by atoms with Crippen molar-refractivity contribution >= 4 is 35.8 Å². The number of benzene rings is 2. The van der Waals surface area contributed by atoms with Gasteiger partial charge in [-0.3, -0.25) is 4.79 Å². The molecule has 158 valence electrons. The maximum absolute atomic E-state index is 12.2. The molecule has 3 N–H and O–H groups in total. The van der Waals surface area contributed by atoms with Crippen LogP contribution >= 0.6 is 24.0 Å². The summed E-state index contributed by atoms with van der Waals surface area (Å²) in [5, 5.41) is 9.38. The van der Waals surface area contributed by atoms with Crippen molar-refractivity contribution in [1.29, 1.82) is 0 Å². The van der Waals surface area contributed by atoms with Gasteiger partial charge in [0.05, 0.1) is 13.7 Å². The monoisotopic (exact) mass is 510 g/mol. The van der Waals surface area contributed by atoms with Gasteiger partial charge in [0.2, 0.25) is 0 Å². The van der Waals surface area contributed by atoms with E-state index in [2.05, 4.69) is 53.0 Å². The zero-order valence-corrected chi connectivity index (χ0v) is 19.9. The van der Waals surface area contributed by atoms with Crippen LogP contribution in [0.3, 0.4) is 0 Å². The number of nitrogens with one attached hydrogen (secondary N) is 3. The van der Waals surface area contributed by atoms with Crippen LogP contribution in [0.15, 0.2) is 47.5 Å². The van der Waals surface area contributed by atoms with Gasteiger partial charge in [-0.1, -0.05) is 29.8 Å². The molecule has 0 saturated carbocycles. The van der Waals surface area contributed by atoms with Gasteiger partial charge in [-0.2, -0.15) is 0 Å². The second-order valence-electron chi connectivity index (χ2n) is 6.54. The Morgan fingerprint density at radius 1 is 1.03 bits per heavy atom. The van der Waals surface area contributed by atoms with Gasteiger partial charge in [-0.25, -0.2) is 4.99 Å². The molecule has 0 aliphatic carbocycles. The number of aryl methyl sites for hydroxylation is 2. The molecule has 7 heteroatoms. The summed E-state index contributed by atoms with van der Waals surface area (Å²) in [6, 6.07) is 13.5. The summed E-state index contributed by atoms with van der Waals surface area (Å²) in [5.41, 5.74) is 4.27. The van der Waals surface area contributed by atoms with E-state index in [0.717, 1.165) is 12.5 Å². The fraction of sp³-hybridized carbons (Fsp3) is 0.364. The number of guanidine groups is 1. The van der Waals surface area contributed by atoms with Crippen molar-refractivity contribution in [2.45, 2.75) is 27.3 Å². The third-order valence-electron chi connectivity index (χ3n) is 4.28. The predicted molar refractivity (Wildman–Crippen MR) is 129 cm³/mol. The van der Waals surface area contributed by atoms with Gasteiger partial charge < -0.3 is 20.7 Å². The first kappa shape index (κ1) is 24.7. The molecule has 0 atom stereocenters. The van der Waals surface area contributed by atoms with Crippen molar-refractivity contribution in [1.82, 2.24) is 16.0 Å². The van der Waals surface area contributed by atoms with Crippen LogP contribution in [-0.2, 0) is 6.54 Å². The summed E-state index contributed by atoms with van der Waals surface area (Å²) in [6.07, 6.45) is 0. The lowest BCUT2D eigenvalue weighted by Crippen LogP contribution is -2.41. The van der Waals surface area contributed by atoms with Crippen molar-refractivity contribution < 1.29 is 9.53 Å². The normalized spacial score (nSPS) is 10.7. The fourth-order valence-electron chi connectivity index (χ4n) is 2.75. The van der Waals surface area contributed by atoms with Gasteiger partial charge in [-0.15, -0.1) is 24.0 Å². The number of amides is 1. The van der Waals surface area contributed by atoms with Crippen LogP contribution < -0.4 is 20.7 Å². The Labute approximate surface area is 190 Å². The molecule has 0 heterocycles. The highest BCUT2D eigenvalue weighted by molar-refractivity contribution is 14.0. The summed E-state index contributed by atoms with van der Waals surface area (Å²) in [6.45, 7) is 8.67. The molecule has 0 bridgehead atoms. The minimum Gasteiger partial charge on any atom is -0.497 e. The summed E-state index contributed by atoms with van der Waals surface area (Å²) < 4.78 is 5.15. The van der Waals surface area contributed by atoms with Crippen LogP contribution in [0.1, 0.15) is 34.0 Å². The molecule has 2 aromatic rings. The number of aliphatic imine (C=N–C) groups is 1. The molecular weight excluding hydrogens is 479 g/mol. The van der Waals surface area contributed by atoms with Gasteiger partial charge >= 0.3 is 0 Å². The molecule has 0 saturated heterocycles. The summed E-state index contributed by atoms with van der Waals surface area (Å²) in [5.74, 6) is 1.27. The zero-order valence-electron chi connectivity index (χ0n) is 17.5. The first-order valence-electron chi connectivity index (χ1n) is 9.54. The quantitative estimate of drug-likeness (QED) is 0.220. The Bertz CT molecular complexity index is 824. The van der Waals surface area contributed by atoms with E-state index >= 15 is 0 Å². The molecule has 0 fully saturated rings. The van der Waals surface area contributed by atoms with Crippen molar-refractivity contribution in [3.8, 4) is 5.75 Å². The second kappa shape index (κ2) is 13.0. The van der Waals surface area contributed by atoms with Gasteiger partial charge in [0.15, 0.2) is 5.96 Å². The highest BCUT2D eigenvalue weighted by atomic mass is 127. The highest BCUT2D eigenvalue weighted by Gasteiger charge is 2.06. The van der Waals surface area contributed by atoms with E-state index in [-0.39, 0.29) is 29.9 Å². The van der Waals surface area contributed by atoms with E-state index < -0.39 is 0 Å². The average Bonchev–Trinajstić information content (AvgIpc) is 2.70. The molecule has 0 aromatic heterocycles. The molecule has 2 aromatic carbocycles. The van der Waals surface area contributed by atoms with Gasteiger partial charge in [0, 0.05) is 25.2 Å². The Balaban J connectivity index is 0.00000420. The van der Waals surface area contributed by atoms with Gasteiger partial charge in [0.25, 0.3) is 5.91 Å². The lowest BCUT2D eigenvalue weighted by Gasteiger charge is -2.13.